The number of amidine groups is 1. The van der Waals surface area contributed by atoms with Gasteiger partial charge in [0.2, 0.25) is 0 Å². The van der Waals surface area contributed by atoms with Crippen molar-refractivity contribution < 1.29 is 4.12 Å². The third-order valence-corrected chi connectivity index (χ3v) is 9.18. The first-order chi connectivity index (χ1) is 7.70. The van der Waals surface area contributed by atoms with E-state index in [4.69, 9.17) is 4.12 Å². The van der Waals surface area contributed by atoms with Crippen LogP contribution in [0.4, 0.5) is 0 Å². The molecule has 0 saturated carbocycles. The molecular formula is C12H28N2OSi2. The van der Waals surface area contributed by atoms with Crippen molar-refractivity contribution in [3.63, 3.8) is 0 Å². The minimum Gasteiger partial charge on any atom is -0.456 e. The van der Waals surface area contributed by atoms with E-state index < -0.39 is 16.6 Å². The second-order valence-corrected chi connectivity index (χ2v) is 15.6. The van der Waals surface area contributed by atoms with Gasteiger partial charge in [-0.2, -0.15) is 0 Å². The Balaban J connectivity index is 2.28. The molecule has 1 aliphatic rings. The molecule has 0 bridgehead atoms. The minimum absolute atomic E-state index is 0.984. The van der Waals surface area contributed by atoms with Crippen molar-refractivity contribution >= 4 is 22.5 Å². The summed E-state index contributed by atoms with van der Waals surface area (Å²) in [5, 5.41) is 0. The normalized spacial score (nSPS) is 17.5. The average Bonchev–Trinajstić information content (AvgIpc) is 2.47. The number of hydrogen-bond acceptors (Lipinski definition) is 3. The quantitative estimate of drug-likeness (QED) is 0.694. The lowest BCUT2D eigenvalue weighted by molar-refractivity contribution is 0.445. The van der Waals surface area contributed by atoms with Crippen LogP contribution >= 0.6 is 0 Å². The van der Waals surface area contributed by atoms with Gasteiger partial charge in [-0.1, -0.05) is 0 Å². The first-order valence-corrected chi connectivity index (χ1v) is 13.2. The fourth-order valence-corrected chi connectivity index (χ4v) is 10.5. The Kier molecular flexibility index (Phi) is 4.98. The first-order valence-electron chi connectivity index (χ1n) is 6.66. The van der Waals surface area contributed by atoms with Gasteiger partial charge in [0.05, 0.1) is 12.4 Å². The van der Waals surface area contributed by atoms with E-state index in [0.29, 0.717) is 0 Å². The third-order valence-electron chi connectivity index (χ3n) is 2.96. The highest BCUT2D eigenvalue weighted by Crippen LogP contribution is 2.20. The predicted octanol–water partition coefficient (Wildman–Crippen LogP) is 3.17. The molecule has 0 atom stereocenters. The summed E-state index contributed by atoms with van der Waals surface area (Å²) in [6, 6.07) is 1.26. The van der Waals surface area contributed by atoms with Crippen LogP contribution in [0, 0.1) is 0 Å². The zero-order valence-corrected chi connectivity index (χ0v) is 14.3. The van der Waals surface area contributed by atoms with E-state index in [1.54, 1.807) is 0 Å². The van der Waals surface area contributed by atoms with E-state index in [0.717, 1.165) is 19.6 Å². The Morgan fingerprint density at radius 1 is 1.24 bits per heavy atom. The summed E-state index contributed by atoms with van der Waals surface area (Å²) in [4.78, 5) is 6.82. The molecule has 100 valence electrons. The van der Waals surface area contributed by atoms with Gasteiger partial charge in [-0.3, -0.25) is 4.99 Å². The molecule has 1 heterocycles. The van der Waals surface area contributed by atoms with E-state index in [-0.39, 0.29) is 0 Å². The molecule has 0 aromatic carbocycles. The number of nitrogens with zero attached hydrogens (tertiary/aromatic N) is 2. The second-order valence-electron chi connectivity index (χ2n) is 6.49. The van der Waals surface area contributed by atoms with Gasteiger partial charge in [-0.05, 0) is 52.1 Å². The summed E-state index contributed by atoms with van der Waals surface area (Å²) in [5.74, 6) is 1.22. The van der Waals surface area contributed by atoms with E-state index in [1.165, 1.54) is 18.3 Å². The standard InChI is InChI=1S/C12H28N2OSi2/c1-12-13-8-10-14(12)9-7-11-17(5,6)15-16(2,3)4/h7-11H2,1-6H3. The highest BCUT2D eigenvalue weighted by atomic mass is 28.4. The molecule has 1 rings (SSSR count). The maximum atomic E-state index is 6.35. The van der Waals surface area contributed by atoms with Gasteiger partial charge in [-0.25, -0.2) is 0 Å². The maximum Gasteiger partial charge on any atom is 0.173 e. The zero-order valence-electron chi connectivity index (χ0n) is 12.3. The van der Waals surface area contributed by atoms with Crippen molar-refractivity contribution in [3.05, 3.63) is 0 Å². The monoisotopic (exact) mass is 272 g/mol. The minimum atomic E-state index is -1.44. The van der Waals surface area contributed by atoms with Crippen LogP contribution in [-0.4, -0.2) is 47.0 Å². The molecule has 0 aliphatic carbocycles. The van der Waals surface area contributed by atoms with Crippen LogP contribution in [-0.2, 0) is 4.12 Å². The molecule has 0 aromatic rings. The molecule has 0 radical (unpaired) electrons. The average molecular weight is 273 g/mol. The highest BCUT2D eigenvalue weighted by Gasteiger charge is 2.29. The molecule has 5 heteroatoms. The Morgan fingerprint density at radius 3 is 2.35 bits per heavy atom. The Hall–Kier alpha value is -0.136. The first kappa shape index (κ1) is 14.9. The number of hydrogen-bond donors (Lipinski definition) is 0. The van der Waals surface area contributed by atoms with Crippen molar-refractivity contribution in [2.75, 3.05) is 19.6 Å². The lowest BCUT2D eigenvalue weighted by Crippen LogP contribution is -2.42. The van der Waals surface area contributed by atoms with Crippen LogP contribution in [0.15, 0.2) is 4.99 Å². The molecule has 0 amide bonds. The summed E-state index contributed by atoms with van der Waals surface area (Å²) in [5.41, 5.74) is 0. The Labute approximate surface area is 109 Å². The van der Waals surface area contributed by atoms with Gasteiger partial charge >= 0.3 is 0 Å². The smallest absolute Gasteiger partial charge is 0.173 e. The summed E-state index contributed by atoms with van der Waals surface area (Å²) in [7, 11) is -2.80. The zero-order chi connectivity index (χ0) is 13.1. The van der Waals surface area contributed by atoms with Crippen molar-refractivity contribution in [3.8, 4) is 0 Å². The number of rotatable bonds is 6. The topological polar surface area (TPSA) is 24.8 Å². The fraction of sp³-hybridized carbons (Fsp3) is 0.917. The van der Waals surface area contributed by atoms with Crippen molar-refractivity contribution in [2.24, 2.45) is 4.99 Å². The summed E-state index contributed by atoms with van der Waals surface area (Å²) >= 11 is 0. The highest BCUT2D eigenvalue weighted by molar-refractivity contribution is 6.84. The van der Waals surface area contributed by atoms with Gasteiger partial charge in [0.25, 0.3) is 0 Å². The summed E-state index contributed by atoms with van der Waals surface area (Å²) in [6.45, 7) is 17.0. The summed E-state index contributed by atoms with van der Waals surface area (Å²) in [6.07, 6.45) is 1.25. The lowest BCUT2D eigenvalue weighted by Gasteiger charge is -2.32. The second kappa shape index (κ2) is 5.67. The molecule has 0 aromatic heterocycles. The van der Waals surface area contributed by atoms with Crippen LogP contribution < -0.4 is 0 Å². The van der Waals surface area contributed by atoms with Gasteiger partial charge in [0.15, 0.2) is 16.6 Å². The molecule has 3 nitrogen and oxygen atoms in total. The van der Waals surface area contributed by atoms with E-state index in [1.807, 2.05) is 0 Å². The van der Waals surface area contributed by atoms with E-state index in [2.05, 4.69) is 49.6 Å². The molecule has 1 aliphatic heterocycles. The van der Waals surface area contributed by atoms with Crippen LogP contribution in [0.5, 0.6) is 0 Å². The van der Waals surface area contributed by atoms with Gasteiger partial charge in [0.1, 0.15) is 0 Å². The molecular weight excluding hydrogens is 244 g/mol. The molecule has 17 heavy (non-hydrogen) atoms. The molecule has 0 saturated heterocycles. The lowest BCUT2D eigenvalue weighted by atomic mass is 10.4. The van der Waals surface area contributed by atoms with Crippen LogP contribution in [0.1, 0.15) is 13.3 Å². The fourth-order valence-electron chi connectivity index (χ4n) is 2.44. The SMILES string of the molecule is CC1=NCCN1CCC[Si](C)(C)O[Si](C)(C)C. The van der Waals surface area contributed by atoms with Gasteiger partial charge < -0.3 is 9.02 Å². The molecule has 0 fully saturated rings. The van der Waals surface area contributed by atoms with Gasteiger partial charge in [-0.15, -0.1) is 0 Å². The largest absolute Gasteiger partial charge is 0.456 e. The molecule has 0 unspecified atom stereocenters. The molecule has 0 spiro atoms. The van der Waals surface area contributed by atoms with Crippen molar-refractivity contribution in [1.82, 2.24) is 4.90 Å². The number of aliphatic imine (C=N–C) groups is 1. The predicted molar refractivity (Wildman–Crippen MR) is 80.9 cm³/mol. The summed E-state index contributed by atoms with van der Waals surface area (Å²) < 4.78 is 6.35. The Morgan fingerprint density at radius 2 is 1.88 bits per heavy atom. The van der Waals surface area contributed by atoms with E-state index >= 15 is 0 Å². The molecule has 0 N–H and O–H groups in total. The third kappa shape index (κ3) is 5.83. The van der Waals surface area contributed by atoms with Crippen LogP contribution in [0.25, 0.3) is 0 Å². The van der Waals surface area contributed by atoms with Crippen LogP contribution in [0.3, 0.4) is 0 Å². The van der Waals surface area contributed by atoms with Crippen molar-refractivity contribution in [2.45, 2.75) is 52.1 Å². The van der Waals surface area contributed by atoms with E-state index in [9.17, 15) is 0 Å². The Bertz CT molecular complexity index is 285. The van der Waals surface area contributed by atoms with Gasteiger partial charge in [0, 0.05) is 13.1 Å². The van der Waals surface area contributed by atoms with Crippen molar-refractivity contribution in [1.29, 1.82) is 0 Å². The maximum absolute atomic E-state index is 6.35. The van der Waals surface area contributed by atoms with Crippen LogP contribution in [0.2, 0.25) is 38.8 Å².